The second-order valence-electron chi connectivity index (χ2n) is 5.81. The summed E-state index contributed by atoms with van der Waals surface area (Å²) in [5.41, 5.74) is 2.58. The number of benzene rings is 1. The summed E-state index contributed by atoms with van der Waals surface area (Å²) in [5, 5.41) is 3.56. The molecule has 0 bridgehead atoms. The monoisotopic (exact) mass is 261 g/mol. The molecule has 0 amide bonds. The van der Waals surface area contributed by atoms with Crippen molar-refractivity contribution in [3.05, 3.63) is 29.3 Å². The van der Waals surface area contributed by atoms with Crippen molar-refractivity contribution in [2.45, 2.75) is 38.8 Å². The van der Waals surface area contributed by atoms with Gasteiger partial charge in [0.15, 0.2) is 0 Å². The van der Waals surface area contributed by atoms with E-state index in [0.717, 1.165) is 44.6 Å². The van der Waals surface area contributed by atoms with Crippen molar-refractivity contribution >= 4 is 0 Å². The van der Waals surface area contributed by atoms with Crippen LogP contribution < -0.4 is 10.1 Å². The number of nitrogens with one attached hydrogen (secondary N) is 1. The smallest absolute Gasteiger partial charge is 0.123 e. The van der Waals surface area contributed by atoms with Gasteiger partial charge in [0.25, 0.3) is 0 Å². The Balaban J connectivity index is 1.60. The molecule has 3 rings (SSSR count). The molecule has 1 saturated heterocycles. The van der Waals surface area contributed by atoms with E-state index in [0.29, 0.717) is 5.92 Å². The molecule has 1 aliphatic heterocycles. The van der Waals surface area contributed by atoms with Crippen molar-refractivity contribution in [1.82, 2.24) is 5.32 Å². The third kappa shape index (κ3) is 3.71. The van der Waals surface area contributed by atoms with Crippen molar-refractivity contribution in [2.24, 2.45) is 5.92 Å². The molecule has 1 aromatic rings. The molecule has 1 atom stereocenters. The van der Waals surface area contributed by atoms with Gasteiger partial charge in [-0.3, -0.25) is 0 Å². The molecule has 1 unspecified atom stereocenters. The Kier molecular flexibility index (Phi) is 4.04. The highest BCUT2D eigenvalue weighted by Gasteiger charge is 2.21. The third-order valence-electron chi connectivity index (χ3n) is 3.87. The average molecular weight is 261 g/mol. The predicted molar refractivity (Wildman–Crippen MR) is 75.5 cm³/mol. The van der Waals surface area contributed by atoms with Crippen LogP contribution in [0, 0.1) is 12.8 Å². The quantitative estimate of drug-likeness (QED) is 0.854. The molecule has 1 aromatic carbocycles. The Bertz CT molecular complexity index is 423. The first-order chi connectivity index (χ1) is 9.31. The van der Waals surface area contributed by atoms with Gasteiger partial charge in [0.05, 0.1) is 13.2 Å². The van der Waals surface area contributed by atoms with E-state index in [2.05, 4.69) is 30.4 Å². The molecule has 1 saturated carbocycles. The maximum Gasteiger partial charge on any atom is 0.123 e. The maximum atomic E-state index is 6.01. The molecule has 1 aliphatic carbocycles. The van der Waals surface area contributed by atoms with E-state index in [4.69, 9.17) is 9.47 Å². The summed E-state index contributed by atoms with van der Waals surface area (Å²) in [6.07, 6.45) is 3.77. The van der Waals surface area contributed by atoms with Gasteiger partial charge in [-0.1, -0.05) is 17.7 Å². The number of rotatable bonds is 6. The van der Waals surface area contributed by atoms with Crippen molar-refractivity contribution < 1.29 is 9.47 Å². The molecule has 1 heterocycles. The lowest BCUT2D eigenvalue weighted by molar-refractivity contribution is 0.166. The first kappa shape index (κ1) is 12.9. The lowest BCUT2D eigenvalue weighted by atomic mass is 10.1. The molecule has 3 heteroatoms. The van der Waals surface area contributed by atoms with Crippen molar-refractivity contribution in [2.75, 3.05) is 19.8 Å². The zero-order valence-electron chi connectivity index (χ0n) is 11.7. The third-order valence-corrected chi connectivity index (χ3v) is 3.87. The molecular formula is C16H23NO2. The highest BCUT2D eigenvalue weighted by Crippen LogP contribution is 2.24. The van der Waals surface area contributed by atoms with Gasteiger partial charge in [-0.15, -0.1) is 0 Å². The zero-order valence-corrected chi connectivity index (χ0v) is 11.7. The first-order valence-electron chi connectivity index (χ1n) is 7.35. The van der Waals surface area contributed by atoms with Crippen LogP contribution in [0.15, 0.2) is 18.2 Å². The highest BCUT2D eigenvalue weighted by molar-refractivity contribution is 5.37. The summed E-state index contributed by atoms with van der Waals surface area (Å²) < 4.78 is 11.4. The van der Waals surface area contributed by atoms with E-state index in [-0.39, 0.29) is 0 Å². The van der Waals surface area contributed by atoms with E-state index in [1.807, 2.05) is 0 Å². The lowest BCUT2D eigenvalue weighted by Gasteiger charge is -2.15. The van der Waals surface area contributed by atoms with Crippen LogP contribution in [0.25, 0.3) is 0 Å². The number of hydrogen-bond donors (Lipinski definition) is 1. The molecule has 104 valence electrons. The number of ether oxygens (including phenoxy) is 2. The van der Waals surface area contributed by atoms with Gasteiger partial charge >= 0.3 is 0 Å². The van der Waals surface area contributed by atoms with Crippen molar-refractivity contribution in [1.29, 1.82) is 0 Å². The van der Waals surface area contributed by atoms with E-state index in [9.17, 15) is 0 Å². The summed E-state index contributed by atoms with van der Waals surface area (Å²) >= 11 is 0. The van der Waals surface area contributed by atoms with Gasteiger partial charge in [-0.2, -0.15) is 0 Å². The number of hydrogen-bond acceptors (Lipinski definition) is 3. The topological polar surface area (TPSA) is 30.5 Å². The van der Waals surface area contributed by atoms with Crippen LogP contribution in [0.4, 0.5) is 0 Å². The lowest BCUT2D eigenvalue weighted by Crippen LogP contribution is -2.17. The van der Waals surface area contributed by atoms with Crippen molar-refractivity contribution in [3.63, 3.8) is 0 Å². The Labute approximate surface area is 115 Å². The van der Waals surface area contributed by atoms with Crippen LogP contribution in [0.3, 0.4) is 0 Å². The molecule has 0 aromatic heterocycles. The summed E-state index contributed by atoms with van der Waals surface area (Å²) in [7, 11) is 0. The van der Waals surface area contributed by atoms with Crippen LogP contribution in [-0.2, 0) is 11.3 Å². The SMILES string of the molecule is Cc1ccc(OCC2CCOC2)c(CNC2CC2)c1. The van der Waals surface area contributed by atoms with Crippen LogP contribution in [0.5, 0.6) is 5.75 Å². The second kappa shape index (κ2) is 5.93. The van der Waals surface area contributed by atoms with Crippen LogP contribution in [-0.4, -0.2) is 25.9 Å². The molecule has 19 heavy (non-hydrogen) atoms. The standard InChI is InChI=1S/C16H23NO2/c1-12-2-5-16(19-11-13-6-7-18-10-13)14(8-12)9-17-15-3-4-15/h2,5,8,13,15,17H,3-4,6-7,9-11H2,1H3. The van der Waals surface area contributed by atoms with E-state index < -0.39 is 0 Å². The molecule has 2 aliphatic rings. The summed E-state index contributed by atoms with van der Waals surface area (Å²) in [4.78, 5) is 0. The minimum absolute atomic E-state index is 0.561. The van der Waals surface area contributed by atoms with E-state index in [1.165, 1.54) is 24.0 Å². The summed E-state index contributed by atoms with van der Waals surface area (Å²) in [6, 6.07) is 7.20. The first-order valence-corrected chi connectivity index (χ1v) is 7.35. The fourth-order valence-corrected chi connectivity index (χ4v) is 2.45. The van der Waals surface area contributed by atoms with Gasteiger partial charge < -0.3 is 14.8 Å². The Morgan fingerprint density at radius 1 is 1.32 bits per heavy atom. The predicted octanol–water partition coefficient (Wildman–Crippen LogP) is 2.66. The Morgan fingerprint density at radius 2 is 2.21 bits per heavy atom. The van der Waals surface area contributed by atoms with Gasteiger partial charge in [0, 0.05) is 30.7 Å². The normalized spacial score (nSPS) is 22.7. The molecule has 3 nitrogen and oxygen atoms in total. The number of aryl methyl sites for hydroxylation is 1. The van der Waals surface area contributed by atoms with Gasteiger partial charge in [-0.05, 0) is 32.3 Å². The highest BCUT2D eigenvalue weighted by atomic mass is 16.5. The van der Waals surface area contributed by atoms with Crippen LogP contribution >= 0.6 is 0 Å². The van der Waals surface area contributed by atoms with Crippen LogP contribution in [0.1, 0.15) is 30.4 Å². The molecule has 1 N–H and O–H groups in total. The Hall–Kier alpha value is -1.06. The van der Waals surface area contributed by atoms with Crippen molar-refractivity contribution in [3.8, 4) is 5.75 Å². The summed E-state index contributed by atoms with van der Waals surface area (Å²) in [6.45, 7) is 5.57. The molecular weight excluding hydrogens is 238 g/mol. The largest absolute Gasteiger partial charge is 0.493 e. The summed E-state index contributed by atoms with van der Waals surface area (Å²) in [5.74, 6) is 1.59. The Morgan fingerprint density at radius 3 is 2.95 bits per heavy atom. The molecule has 0 radical (unpaired) electrons. The maximum absolute atomic E-state index is 6.01. The van der Waals surface area contributed by atoms with Crippen LogP contribution in [0.2, 0.25) is 0 Å². The molecule has 2 fully saturated rings. The van der Waals surface area contributed by atoms with Gasteiger partial charge in [-0.25, -0.2) is 0 Å². The minimum atomic E-state index is 0.561. The van der Waals surface area contributed by atoms with E-state index >= 15 is 0 Å². The minimum Gasteiger partial charge on any atom is -0.493 e. The molecule has 0 spiro atoms. The fourth-order valence-electron chi connectivity index (χ4n) is 2.45. The van der Waals surface area contributed by atoms with Gasteiger partial charge in [0.2, 0.25) is 0 Å². The van der Waals surface area contributed by atoms with Gasteiger partial charge in [0.1, 0.15) is 5.75 Å². The fraction of sp³-hybridized carbons (Fsp3) is 0.625. The second-order valence-corrected chi connectivity index (χ2v) is 5.81. The zero-order chi connectivity index (χ0) is 13.1. The average Bonchev–Trinajstić information content (AvgIpc) is 3.10. The van der Waals surface area contributed by atoms with E-state index in [1.54, 1.807) is 0 Å².